The monoisotopic (exact) mass is 390 g/mol. The number of imidazole rings is 1. The van der Waals surface area contributed by atoms with Crippen LogP contribution in [-0.2, 0) is 6.42 Å². The number of fused-ring (bicyclic) bond motifs is 1. The molecule has 0 aromatic carbocycles. The van der Waals surface area contributed by atoms with Crippen LogP contribution in [0.15, 0.2) is 30.9 Å². The number of hydrogen-bond acceptors (Lipinski definition) is 6. The third-order valence-electron chi connectivity index (χ3n) is 5.07. The molecule has 0 aliphatic carbocycles. The number of anilines is 1. The number of hydrogen-bond donors (Lipinski definition) is 2. The Morgan fingerprint density at radius 2 is 2.07 bits per heavy atom. The standard InChI is InChI=1S/C21H26N8/c1-13(2)29-12-24-18-20(23-10-6-8-17-14(3)27-28-15(17)4)25-19(26-21(18)29)16-7-5-9-22-11-16/h5,7,9,11-13H,6,8,10H2,1-4H3,(H,27,28)(H,23,25,26). The summed E-state index contributed by atoms with van der Waals surface area (Å²) in [4.78, 5) is 18.3. The maximum atomic E-state index is 4.78. The second-order valence-electron chi connectivity index (χ2n) is 7.50. The summed E-state index contributed by atoms with van der Waals surface area (Å²) in [6, 6.07) is 4.13. The van der Waals surface area contributed by atoms with Crippen LogP contribution in [0, 0.1) is 13.8 Å². The highest BCUT2D eigenvalue weighted by Gasteiger charge is 2.16. The zero-order valence-electron chi connectivity index (χ0n) is 17.3. The van der Waals surface area contributed by atoms with Crippen molar-refractivity contribution < 1.29 is 0 Å². The maximum absolute atomic E-state index is 4.78. The van der Waals surface area contributed by atoms with Gasteiger partial charge >= 0.3 is 0 Å². The Hall–Kier alpha value is -3.29. The van der Waals surface area contributed by atoms with E-state index in [1.165, 1.54) is 5.56 Å². The van der Waals surface area contributed by atoms with E-state index in [4.69, 9.17) is 9.97 Å². The summed E-state index contributed by atoms with van der Waals surface area (Å²) in [7, 11) is 0. The minimum atomic E-state index is 0.261. The molecule has 0 aliphatic heterocycles. The van der Waals surface area contributed by atoms with Crippen LogP contribution in [-0.4, -0.2) is 41.2 Å². The molecule has 29 heavy (non-hydrogen) atoms. The summed E-state index contributed by atoms with van der Waals surface area (Å²) in [6.45, 7) is 9.14. The van der Waals surface area contributed by atoms with Crippen molar-refractivity contribution in [1.82, 2.24) is 34.7 Å². The molecule has 8 heteroatoms. The van der Waals surface area contributed by atoms with E-state index in [1.807, 2.05) is 25.4 Å². The first-order chi connectivity index (χ1) is 14.0. The molecule has 4 aromatic heterocycles. The number of nitrogens with zero attached hydrogens (tertiary/aromatic N) is 6. The van der Waals surface area contributed by atoms with Gasteiger partial charge in [0.05, 0.1) is 12.0 Å². The number of aromatic nitrogens is 7. The number of nitrogens with one attached hydrogen (secondary N) is 2. The van der Waals surface area contributed by atoms with Crippen LogP contribution in [0.3, 0.4) is 0 Å². The molecule has 4 heterocycles. The quantitative estimate of drug-likeness (QED) is 0.465. The third-order valence-corrected chi connectivity index (χ3v) is 5.07. The van der Waals surface area contributed by atoms with Crippen molar-refractivity contribution in [2.24, 2.45) is 0 Å². The smallest absolute Gasteiger partial charge is 0.166 e. The van der Waals surface area contributed by atoms with Gasteiger partial charge in [0.1, 0.15) is 5.52 Å². The molecule has 0 unspecified atom stereocenters. The van der Waals surface area contributed by atoms with Crippen LogP contribution in [0.1, 0.15) is 43.3 Å². The SMILES string of the molecule is Cc1n[nH]c(C)c1CCCNc1nc(-c2cccnc2)nc2c1ncn2C(C)C. The highest BCUT2D eigenvalue weighted by Crippen LogP contribution is 2.25. The molecular weight excluding hydrogens is 364 g/mol. The van der Waals surface area contributed by atoms with E-state index in [9.17, 15) is 0 Å². The minimum Gasteiger partial charge on any atom is -0.368 e. The molecule has 4 aromatic rings. The number of aromatic amines is 1. The molecule has 2 N–H and O–H groups in total. The van der Waals surface area contributed by atoms with Gasteiger partial charge in [0, 0.05) is 36.2 Å². The normalized spacial score (nSPS) is 11.5. The van der Waals surface area contributed by atoms with Crippen molar-refractivity contribution in [2.75, 3.05) is 11.9 Å². The molecule has 0 saturated carbocycles. The average Bonchev–Trinajstić information content (AvgIpc) is 3.29. The van der Waals surface area contributed by atoms with Crippen LogP contribution < -0.4 is 5.32 Å². The van der Waals surface area contributed by atoms with E-state index in [-0.39, 0.29) is 6.04 Å². The molecule has 150 valence electrons. The Kier molecular flexibility index (Phi) is 5.24. The fraction of sp³-hybridized carbons (Fsp3) is 0.381. The molecule has 0 amide bonds. The summed E-state index contributed by atoms with van der Waals surface area (Å²) < 4.78 is 2.07. The lowest BCUT2D eigenvalue weighted by Crippen LogP contribution is -2.08. The van der Waals surface area contributed by atoms with Gasteiger partial charge in [0.25, 0.3) is 0 Å². The Morgan fingerprint density at radius 1 is 1.21 bits per heavy atom. The predicted octanol–water partition coefficient (Wildman–Crippen LogP) is 3.85. The molecule has 0 bridgehead atoms. The molecule has 8 nitrogen and oxygen atoms in total. The highest BCUT2D eigenvalue weighted by atomic mass is 15.2. The molecule has 0 atom stereocenters. The first-order valence-corrected chi connectivity index (χ1v) is 9.94. The van der Waals surface area contributed by atoms with Gasteiger partial charge in [-0.2, -0.15) is 5.10 Å². The van der Waals surface area contributed by atoms with Gasteiger partial charge in [-0.1, -0.05) is 0 Å². The minimum absolute atomic E-state index is 0.261. The number of rotatable bonds is 7. The van der Waals surface area contributed by atoms with Crippen molar-refractivity contribution >= 4 is 17.0 Å². The summed E-state index contributed by atoms with van der Waals surface area (Å²) in [5.41, 5.74) is 6.01. The van der Waals surface area contributed by atoms with E-state index in [2.05, 4.69) is 50.8 Å². The predicted molar refractivity (Wildman–Crippen MR) is 114 cm³/mol. The Morgan fingerprint density at radius 3 is 2.76 bits per heavy atom. The zero-order valence-corrected chi connectivity index (χ0v) is 17.3. The summed E-state index contributed by atoms with van der Waals surface area (Å²) in [6.07, 6.45) is 7.30. The summed E-state index contributed by atoms with van der Waals surface area (Å²) in [5.74, 6) is 1.41. The van der Waals surface area contributed by atoms with Gasteiger partial charge in [0.2, 0.25) is 0 Å². The van der Waals surface area contributed by atoms with E-state index >= 15 is 0 Å². The van der Waals surface area contributed by atoms with E-state index in [0.717, 1.165) is 53.3 Å². The molecule has 0 aliphatic rings. The van der Waals surface area contributed by atoms with Crippen molar-refractivity contribution in [3.05, 3.63) is 47.8 Å². The number of pyridine rings is 1. The van der Waals surface area contributed by atoms with Crippen LogP contribution in [0.2, 0.25) is 0 Å². The lowest BCUT2D eigenvalue weighted by atomic mass is 10.1. The second-order valence-corrected chi connectivity index (χ2v) is 7.50. The fourth-order valence-corrected chi connectivity index (χ4v) is 3.46. The molecule has 0 fully saturated rings. The molecule has 0 radical (unpaired) electrons. The topological polar surface area (TPSA) is 97.2 Å². The second kappa shape index (κ2) is 7.98. The van der Waals surface area contributed by atoms with E-state index in [0.29, 0.717) is 5.82 Å². The van der Waals surface area contributed by atoms with E-state index < -0.39 is 0 Å². The lowest BCUT2D eigenvalue weighted by Gasteiger charge is -2.11. The van der Waals surface area contributed by atoms with Gasteiger partial charge in [-0.3, -0.25) is 10.1 Å². The first kappa shape index (κ1) is 19.0. The summed E-state index contributed by atoms with van der Waals surface area (Å²) in [5, 5.41) is 10.8. The largest absolute Gasteiger partial charge is 0.368 e. The average molecular weight is 390 g/mol. The Balaban J connectivity index is 1.60. The van der Waals surface area contributed by atoms with Crippen LogP contribution in [0.4, 0.5) is 5.82 Å². The van der Waals surface area contributed by atoms with Gasteiger partial charge in [0.15, 0.2) is 17.3 Å². The summed E-state index contributed by atoms with van der Waals surface area (Å²) >= 11 is 0. The number of H-pyrrole nitrogens is 1. The molecule has 0 saturated heterocycles. The van der Waals surface area contributed by atoms with Crippen molar-refractivity contribution in [3.8, 4) is 11.4 Å². The van der Waals surface area contributed by atoms with Gasteiger partial charge in [-0.25, -0.2) is 15.0 Å². The Bertz CT molecular complexity index is 1090. The van der Waals surface area contributed by atoms with Crippen LogP contribution in [0.25, 0.3) is 22.6 Å². The fourth-order valence-electron chi connectivity index (χ4n) is 3.46. The van der Waals surface area contributed by atoms with Gasteiger partial charge < -0.3 is 9.88 Å². The molecule has 0 spiro atoms. The maximum Gasteiger partial charge on any atom is 0.166 e. The van der Waals surface area contributed by atoms with Gasteiger partial charge in [-0.05, 0) is 58.2 Å². The van der Waals surface area contributed by atoms with Crippen molar-refractivity contribution in [2.45, 2.75) is 46.6 Å². The van der Waals surface area contributed by atoms with Crippen molar-refractivity contribution in [1.29, 1.82) is 0 Å². The van der Waals surface area contributed by atoms with Gasteiger partial charge in [-0.15, -0.1) is 0 Å². The number of aryl methyl sites for hydroxylation is 2. The molecular formula is C21H26N8. The van der Waals surface area contributed by atoms with Crippen molar-refractivity contribution in [3.63, 3.8) is 0 Å². The molecule has 4 rings (SSSR count). The first-order valence-electron chi connectivity index (χ1n) is 9.94. The Labute approximate surface area is 169 Å². The van der Waals surface area contributed by atoms with Crippen LogP contribution in [0.5, 0.6) is 0 Å². The highest BCUT2D eigenvalue weighted by molar-refractivity contribution is 5.85. The third kappa shape index (κ3) is 3.83. The van der Waals surface area contributed by atoms with Crippen LogP contribution >= 0.6 is 0 Å². The lowest BCUT2D eigenvalue weighted by molar-refractivity contribution is 0.613. The van der Waals surface area contributed by atoms with E-state index in [1.54, 1.807) is 12.4 Å². The zero-order chi connectivity index (χ0) is 20.4.